The van der Waals surface area contributed by atoms with E-state index in [-0.39, 0.29) is 11.7 Å². The van der Waals surface area contributed by atoms with Crippen LogP contribution in [-0.4, -0.2) is 17.9 Å². The maximum absolute atomic E-state index is 13.1. The predicted molar refractivity (Wildman–Crippen MR) is 77.8 cm³/mol. The summed E-state index contributed by atoms with van der Waals surface area (Å²) in [5, 5.41) is 0. The van der Waals surface area contributed by atoms with Gasteiger partial charge >= 0.3 is 0 Å². The predicted octanol–water partition coefficient (Wildman–Crippen LogP) is 2.99. The molecule has 104 valence electrons. The Kier molecular flexibility index (Phi) is 4.03. The second kappa shape index (κ2) is 5.74. The number of nitrogen functional groups attached to an aromatic ring is 1. The molecule has 4 heteroatoms. The molecular weight excluding hydrogens is 255 g/mol. The average Bonchev–Trinajstić information content (AvgIpc) is 2.41. The third-order valence-electron chi connectivity index (χ3n) is 3.26. The van der Waals surface area contributed by atoms with Crippen LogP contribution in [0, 0.1) is 12.7 Å². The maximum Gasteiger partial charge on any atom is 0.254 e. The highest BCUT2D eigenvalue weighted by atomic mass is 19.1. The molecule has 2 N–H and O–H groups in total. The standard InChI is InChI=1S/C16H17FN2O/c1-11-14(7-4-8-15(11)18)16(20)19(2)10-12-5-3-6-13(17)9-12/h3-9H,10,18H2,1-2H3. The monoisotopic (exact) mass is 272 g/mol. The summed E-state index contributed by atoms with van der Waals surface area (Å²) in [6.07, 6.45) is 0. The molecule has 0 unspecified atom stereocenters. The number of halogens is 1. The Morgan fingerprint density at radius 2 is 1.95 bits per heavy atom. The average molecular weight is 272 g/mol. The summed E-state index contributed by atoms with van der Waals surface area (Å²) in [4.78, 5) is 13.9. The third-order valence-corrected chi connectivity index (χ3v) is 3.26. The van der Waals surface area contributed by atoms with Crippen LogP contribution in [0.15, 0.2) is 42.5 Å². The van der Waals surface area contributed by atoms with E-state index in [2.05, 4.69) is 0 Å². The summed E-state index contributed by atoms with van der Waals surface area (Å²) >= 11 is 0. The van der Waals surface area contributed by atoms with E-state index in [0.29, 0.717) is 17.8 Å². The van der Waals surface area contributed by atoms with Gasteiger partial charge in [-0.3, -0.25) is 4.79 Å². The Balaban J connectivity index is 2.19. The Hall–Kier alpha value is -2.36. The van der Waals surface area contributed by atoms with Gasteiger partial charge in [-0.15, -0.1) is 0 Å². The maximum atomic E-state index is 13.1. The minimum Gasteiger partial charge on any atom is -0.398 e. The van der Waals surface area contributed by atoms with Crippen molar-refractivity contribution in [2.75, 3.05) is 12.8 Å². The quantitative estimate of drug-likeness (QED) is 0.873. The molecule has 0 atom stereocenters. The van der Waals surface area contributed by atoms with E-state index in [1.54, 1.807) is 42.3 Å². The summed E-state index contributed by atoms with van der Waals surface area (Å²) < 4.78 is 13.1. The number of carbonyl (C=O) groups is 1. The molecule has 0 aliphatic carbocycles. The number of amides is 1. The molecule has 0 saturated heterocycles. The Morgan fingerprint density at radius 1 is 1.25 bits per heavy atom. The van der Waals surface area contributed by atoms with Gasteiger partial charge in [-0.25, -0.2) is 4.39 Å². The zero-order chi connectivity index (χ0) is 14.7. The number of rotatable bonds is 3. The van der Waals surface area contributed by atoms with E-state index >= 15 is 0 Å². The lowest BCUT2D eigenvalue weighted by Crippen LogP contribution is -2.27. The number of benzene rings is 2. The molecule has 2 aromatic rings. The van der Waals surface area contributed by atoms with E-state index in [1.165, 1.54) is 12.1 Å². The molecule has 0 spiro atoms. The first-order valence-electron chi connectivity index (χ1n) is 6.34. The van der Waals surface area contributed by atoms with Crippen LogP contribution in [-0.2, 0) is 6.54 Å². The largest absolute Gasteiger partial charge is 0.398 e. The summed E-state index contributed by atoms with van der Waals surface area (Å²) in [5.74, 6) is -0.428. The van der Waals surface area contributed by atoms with Crippen molar-refractivity contribution in [3.05, 3.63) is 65.0 Å². The number of nitrogens with zero attached hydrogens (tertiary/aromatic N) is 1. The first-order valence-corrected chi connectivity index (χ1v) is 6.34. The molecule has 2 rings (SSSR count). The van der Waals surface area contributed by atoms with Gasteiger partial charge in [0.2, 0.25) is 0 Å². The van der Waals surface area contributed by atoms with Crippen molar-refractivity contribution in [3.8, 4) is 0 Å². The highest BCUT2D eigenvalue weighted by molar-refractivity contribution is 5.96. The van der Waals surface area contributed by atoms with Crippen molar-refractivity contribution in [1.29, 1.82) is 0 Å². The van der Waals surface area contributed by atoms with Crippen LogP contribution in [0.25, 0.3) is 0 Å². The number of nitrogens with two attached hydrogens (primary N) is 1. The summed E-state index contributed by atoms with van der Waals surface area (Å²) in [5.41, 5.74) is 8.50. The van der Waals surface area contributed by atoms with Crippen LogP contribution in [0.3, 0.4) is 0 Å². The molecule has 0 aliphatic heterocycles. The van der Waals surface area contributed by atoms with Gasteiger partial charge in [0.15, 0.2) is 0 Å². The second-order valence-electron chi connectivity index (χ2n) is 4.81. The van der Waals surface area contributed by atoms with Crippen molar-refractivity contribution < 1.29 is 9.18 Å². The molecular formula is C16H17FN2O. The van der Waals surface area contributed by atoms with Crippen molar-refractivity contribution in [1.82, 2.24) is 4.90 Å². The van der Waals surface area contributed by atoms with Gasteiger partial charge in [0.25, 0.3) is 5.91 Å². The topological polar surface area (TPSA) is 46.3 Å². The normalized spacial score (nSPS) is 10.3. The molecule has 0 heterocycles. The molecule has 3 nitrogen and oxygen atoms in total. The summed E-state index contributed by atoms with van der Waals surface area (Å²) in [7, 11) is 1.69. The fourth-order valence-corrected chi connectivity index (χ4v) is 2.07. The number of hydrogen-bond acceptors (Lipinski definition) is 2. The minimum absolute atomic E-state index is 0.126. The van der Waals surface area contributed by atoms with Crippen LogP contribution >= 0.6 is 0 Å². The van der Waals surface area contributed by atoms with E-state index in [1.807, 2.05) is 6.92 Å². The van der Waals surface area contributed by atoms with Crippen LogP contribution < -0.4 is 5.73 Å². The van der Waals surface area contributed by atoms with E-state index in [9.17, 15) is 9.18 Å². The Bertz CT molecular complexity index is 640. The van der Waals surface area contributed by atoms with Gasteiger partial charge in [-0.2, -0.15) is 0 Å². The fraction of sp³-hybridized carbons (Fsp3) is 0.188. The van der Waals surface area contributed by atoms with Crippen molar-refractivity contribution in [2.45, 2.75) is 13.5 Å². The number of anilines is 1. The van der Waals surface area contributed by atoms with Crippen molar-refractivity contribution >= 4 is 11.6 Å². The SMILES string of the molecule is Cc1c(N)cccc1C(=O)N(C)Cc1cccc(F)c1. The van der Waals surface area contributed by atoms with Crippen molar-refractivity contribution in [3.63, 3.8) is 0 Å². The first kappa shape index (κ1) is 14.1. The van der Waals surface area contributed by atoms with Crippen molar-refractivity contribution in [2.24, 2.45) is 0 Å². The van der Waals surface area contributed by atoms with Gasteiger partial charge in [-0.1, -0.05) is 18.2 Å². The van der Waals surface area contributed by atoms with Crippen LogP contribution in [0.5, 0.6) is 0 Å². The van der Waals surface area contributed by atoms with Gasteiger partial charge in [0.05, 0.1) is 0 Å². The lowest BCUT2D eigenvalue weighted by atomic mass is 10.1. The molecule has 20 heavy (non-hydrogen) atoms. The molecule has 0 radical (unpaired) electrons. The third kappa shape index (κ3) is 2.96. The number of hydrogen-bond donors (Lipinski definition) is 1. The first-order chi connectivity index (χ1) is 9.49. The molecule has 0 saturated carbocycles. The fourth-order valence-electron chi connectivity index (χ4n) is 2.07. The van der Waals surface area contributed by atoms with Crippen LogP contribution in [0.4, 0.5) is 10.1 Å². The van der Waals surface area contributed by atoms with E-state index in [0.717, 1.165) is 11.1 Å². The van der Waals surface area contributed by atoms with Gasteiger partial charge in [-0.05, 0) is 42.3 Å². The number of carbonyl (C=O) groups excluding carboxylic acids is 1. The minimum atomic E-state index is -0.302. The second-order valence-corrected chi connectivity index (χ2v) is 4.81. The summed E-state index contributed by atoms with van der Waals surface area (Å²) in [6.45, 7) is 2.17. The molecule has 2 aromatic carbocycles. The van der Waals surface area contributed by atoms with Gasteiger partial charge in [0.1, 0.15) is 5.82 Å². The molecule has 0 bridgehead atoms. The van der Waals surface area contributed by atoms with E-state index < -0.39 is 0 Å². The molecule has 1 amide bonds. The van der Waals surface area contributed by atoms with Gasteiger partial charge in [0, 0.05) is 24.8 Å². The van der Waals surface area contributed by atoms with Crippen LogP contribution in [0.1, 0.15) is 21.5 Å². The lowest BCUT2D eigenvalue weighted by molar-refractivity contribution is 0.0784. The van der Waals surface area contributed by atoms with E-state index in [4.69, 9.17) is 5.73 Å². The highest BCUT2D eigenvalue weighted by Gasteiger charge is 2.15. The lowest BCUT2D eigenvalue weighted by Gasteiger charge is -2.19. The van der Waals surface area contributed by atoms with Crippen LogP contribution in [0.2, 0.25) is 0 Å². The molecule has 0 aromatic heterocycles. The zero-order valence-electron chi connectivity index (χ0n) is 11.6. The highest BCUT2D eigenvalue weighted by Crippen LogP contribution is 2.18. The summed E-state index contributed by atoms with van der Waals surface area (Å²) in [6, 6.07) is 11.5. The molecule has 0 aliphatic rings. The molecule has 0 fully saturated rings. The van der Waals surface area contributed by atoms with Gasteiger partial charge < -0.3 is 10.6 Å². The zero-order valence-corrected chi connectivity index (χ0v) is 11.6. The Labute approximate surface area is 117 Å². The smallest absolute Gasteiger partial charge is 0.254 e. The Morgan fingerprint density at radius 3 is 2.65 bits per heavy atom.